The van der Waals surface area contributed by atoms with Crippen molar-refractivity contribution in [2.24, 2.45) is 5.73 Å². The van der Waals surface area contributed by atoms with Gasteiger partial charge in [0, 0.05) is 6.61 Å². The van der Waals surface area contributed by atoms with E-state index < -0.39 is 6.03 Å². The normalized spacial score (nSPS) is 11.7. The number of benzene rings is 1. The molecule has 5 N–H and O–H groups in total. The van der Waals surface area contributed by atoms with Crippen LogP contribution in [0.25, 0.3) is 0 Å². The molecule has 0 saturated carbocycles. The lowest BCUT2D eigenvalue weighted by Gasteiger charge is -2.18. The van der Waals surface area contributed by atoms with Gasteiger partial charge in [-0.2, -0.15) is 0 Å². The van der Waals surface area contributed by atoms with E-state index in [9.17, 15) is 9.59 Å². The van der Waals surface area contributed by atoms with Gasteiger partial charge < -0.3 is 21.5 Å². The number of aryl methyl sites for hydroxylation is 1. The van der Waals surface area contributed by atoms with Crippen LogP contribution in [0, 0.1) is 6.92 Å². The van der Waals surface area contributed by atoms with E-state index in [2.05, 4.69) is 10.6 Å². The summed E-state index contributed by atoms with van der Waals surface area (Å²) < 4.78 is 0. The van der Waals surface area contributed by atoms with Gasteiger partial charge in [0.15, 0.2) is 0 Å². The summed E-state index contributed by atoms with van der Waals surface area (Å²) in [6.07, 6.45) is 0.408. The SMILES string of the molecule is Cc1ccc([C@@H](CCO)NC(=O)CNC(N)=O)cc1. The zero-order valence-corrected chi connectivity index (χ0v) is 10.8. The molecule has 104 valence electrons. The maximum atomic E-state index is 11.6. The Bertz CT molecular complexity index is 431. The summed E-state index contributed by atoms with van der Waals surface area (Å²) in [7, 11) is 0. The molecule has 0 aliphatic carbocycles. The largest absolute Gasteiger partial charge is 0.396 e. The highest BCUT2D eigenvalue weighted by molar-refractivity contribution is 5.83. The van der Waals surface area contributed by atoms with Crippen LogP contribution in [0.4, 0.5) is 4.79 Å². The zero-order chi connectivity index (χ0) is 14.3. The van der Waals surface area contributed by atoms with Gasteiger partial charge in [0.25, 0.3) is 0 Å². The number of carbonyl (C=O) groups excluding carboxylic acids is 2. The first-order valence-electron chi connectivity index (χ1n) is 6.03. The second-order valence-electron chi connectivity index (χ2n) is 4.26. The monoisotopic (exact) mass is 265 g/mol. The predicted octanol–water partition coefficient (Wildman–Crippen LogP) is 0.203. The Morgan fingerprint density at radius 1 is 1.32 bits per heavy atom. The van der Waals surface area contributed by atoms with E-state index in [-0.39, 0.29) is 25.1 Å². The Kier molecular flexibility index (Phi) is 5.81. The van der Waals surface area contributed by atoms with Crippen molar-refractivity contribution >= 4 is 11.9 Å². The van der Waals surface area contributed by atoms with Crippen molar-refractivity contribution in [3.63, 3.8) is 0 Å². The first kappa shape index (κ1) is 15.0. The molecule has 6 heteroatoms. The summed E-state index contributed by atoms with van der Waals surface area (Å²) >= 11 is 0. The molecule has 19 heavy (non-hydrogen) atoms. The number of primary amides is 1. The fourth-order valence-corrected chi connectivity index (χ4v) is 1.66. The molecular weight excluding hydrogens is 246 g/mol. The highest BCUT2D eigenvalue weighted by Crippen LogP contribution is 2.16. The van der Waals surface area contributed by atoms with Crippen molar-refractivity contribution in [1.29, 1.82) is 0 Å². The van der Waals surface area contributed by atoms with Crippen LogP contribution >= 0.6 is 0 Å². The number of aliphatic hydroxyl groups is 1. The van der Waals surface area contributed by atoms with Gasteiger partial charge in [0.2, 0.25) is 5.91 Å². The van der Waals surface area contributed by atoms with Gasteiger partial charge in [-0.05, 0) is 18.9 Å². The number of carbonyl (C=O) groups is 2. The number of hydrogen-bond acceptors (Lipinski definition) is 3. The molecule has 0 saturated heterocycles. The van der Waals surface area contributed by atoms with Gasteiger partial charge in [0.1, 0.15) is 0 Å². The number of aliphatic hydroxyl groups excluding tert-OH is 1. The van der Waals surface area contributed by atoms with Gasteiger partial charge in [-0.3, -0.25) is 4.79 Å². The quantitative estimate of drug-likeness (QED) is 0.590. The van der Waals surface area contributed by atoms with Crippen molar-refractivity contribution in [2.75, 3.05) is 13.2 Å². The zero-order valence-electron chi connectivity index (χ0n) is 10.8. The van der Waals surface area contributed by atoms with E-state index in [1.54, 1.807) is 0 Å². The van der Waals surface area contributed by atoms with Crippen LogP contribution in [-0.4, -0.2) is 30.2 Å². The molecule has 0 bridgehead atoms. The van der Waals surface area contributed by atoms with E-state index in [1.165, 1.54) is 0 Å². The minimum Gasteiger partial charge on any atom is -0.396 e. The summed E-state index contributed by atoms with van der Waals surface area (Å²) in [5.74, 6) is -0.349. The van der Waals surface area contributed by atoms with Gasteiger partial charge >= 0.3 is 6.03 Å². The summed E-state index contributed by atoms with van der Waals surface area (Å²) in [4.78, 5) is 22.1. The van der Waals surface area contributed by atoms with Crippen molar-refractivity contribution < 1.29 is 14.7 Å². The Balaban J connectivity index is 2.64. The van der Waals surface area contributed by atoms with Crippen LogP contribution in [0.1, 0.15) is 23.6 Å². The Morgan fingerprint density at radius 3 is 2.47 bits per heavy atom. The van der Waals surface area contributed by atoms with E-state index >= 15 is 0 Å². The molecule has 0 radical (unpaired) electrons. The Morgan fingerprint density at radius 2 is 1.95 bits per heavy atom. The molecule has 0 aromatic heterocycles. The maximum Gasteiger partial charge on any atom is 0.312 e. The fourth-order valence-electron chi connectivity index (χ4n) is 1.66. The van der Waals surface area contributed by atoms with Gasteiger partial charge in [-0.25, -0.2) is 4.79 Å². The number of hydrogen-bond donors (Lipinski definition) is 4. The number of amides is 3. The molecule has 1 atom stereocenters. The predicted molar refractivity (Wildman–Crippen MR) is 71.4 cm³/mol. The second-order valence-corrected chi connectivity index (χ2v) is 4.26. The van der Waals surface area contributed by atoms with Crippen LogP contribution in [-0.2, 0) is 4.79 Å². The fraction of sp³-hybridized carbons (Fsp3) is 0.385. The summed E-state index contributed by atoms with van der Waals surface area (Å²) in [5.41, 5.74) is 6.92. The molecule has 1 aromatic rings. The standard InChI is InChI=1S/C13H19N3O3/c1-9-2-4-10(5-3-9)11(6-7-17)16-12(18)8-15-13(14)19/h2-5,11,17H,6-8H2,1H3,(H,16,18)(H3,14,15,19)/t11-/m1/s1. The third kappa shape index (κ3) is 5.39. The first-order valence-corrected chi connectivity index (χ1v) is 6.03. The molecule has 3 amide bonds. The van der Waals surface area contributed by atoms with Crippen molar-refractivity contribution in [1.82, 2.24) is 10.6 Å². The smallest absolute Gasteiger partial charge is 0.312 e. The highest BCUT2D eigenvalue weighted by atomic mass is 16.3. The third-order valence-corrected chi connectivity index (χ3v) is 2.66. The van der Waals surface area contributed by atoms with Gasteiger partial charge in [-0.1, -0.05) is 29.8 Å². The van der Waals surface area contributed by atoms with Crippen LogP contribution in [0.5, 0.6) is 0 Å². The van der Waals surface area contributed by atoms with Crippen LogP contribution in [0.3, 0.4) is 0 Å². The molecule has 6 nitrogen and oxygen atoms in total. The lowest BCUT2D eigenvalue weighted by Crippen LogP contribution is -2.40. The Labute approximate surface area is 112 Å². The summed E-state index contributed by atoms with van der Waals surface area (Å²) in [6.45, 7) is 1.76. The molecule has 0 fully saturated rings. The summed E-state index contributed by atoms with van der Waals surface area (Å²) in [6, 6.07) is 6.65. The topological polar surface area (TPSA) is 104 Å². The van der Waals surface area contributed by atoms with Crippen molar-refractivity contribution in [2.45, 2.75) is 19.4 Å². The molecule has 0 aliphatic heterocycles. The third-order valence-electron chi connectivity index (χ3n) is 2.66. The molecule has 0 heterocycles. The van der Waals surface area contributed by atoms with Crippen molar-refractivity contribution in [3.8, 4) is 0 Å². The van der Waals surface area contributed by atoms with Crippen LogP contribution in [0.15, 0.2) is 24.3 Å². The number of urea groups is 1. The molecule has 0 unspecified atom stereocenters. The molecule has 0 aliphatic rings. The maximum absolute atomic E-state index is 11.6. The lowest BCUT2D eigenvalue weighted by atomic mass is 10.0. The molecule has 1 rings (SSSR count). The second kappa shape index (κ2) is 7.38. The molecular formula is C13H19N3O3. The average molecular weight is 265 g/mol. The van der Waals surface area contributed by atoms with E-state index in [4.69, 9.17) is 10.8 Å². The average Bonchev–Trinajstić information content (AvgIpc) is 2.37. The van der Waals surface area contributed by atoms with E-state index in [1.807, 2.05) is 31.2 Å². The summed E-state index contributed by atoms with van der Waals surface area (Å²) in [5, 5.41) is 14.0. The molecule has 0 spiro atoms. The first-order chi connectivity index (χ1) is 9.02. The molecule has 1 aromatic carbocycles. The van der Waals surface area contributed by atoms with E-state index in [0.717, 1.165) is 11.1 Å². The van der Waals surface area contributed by atoms with Crippen molar-refractivity contribution in [3.05, 3.63) is 35.4 Å². The van der Waals surface area contributed by atoms with Crippen LogP contribution in [0.2, 0.25) is 0 Å². The van der Waals surface area contributed by atoms with Gasteiger partial charge in [-0.15, -0.1) is 0 Å². The minimum absolute atomic E-state index is 0.0396. The number of rotatable bonds is 6. The number of nitrogens with two attached hydrogens (primary N) is 1. The van der Waals surface area contributed by atoms with Crippen LogP contribution < -0.4 is 16.4 Å². The van der Waals surface area contributed by atoms with Gasteiger partial charge in [0.05, 0.1) is 12.6 Å². The Hall–Kier alpha value is -2.08. The minimum atomic E-state index is -0.746. The highest BCUT2D eigenvalue weighted by Gasteiger charge is 2.14. The number of nitrogens with one attached hydrogen (secondary N) is 2. The lowest BCUT2D eigenvalue weighted by molar-refractivity contribution is -0.120. The van der Waals surface area contributed by atoms with E-state index in [0.29, 0.717) is 6.42 Å².